The Morgan fingerprint density at radius 2 is 1.90 bits per heavy atom. The maximum absolute atomic E-state index is 11.8. The summed E-state index contributed by atoms with van der Waals surface area (Å²) in [6, 6.07) is -2.04. The van der Waals surface area contributed by atoms with Crippen molar-refractivity contribution in [2.24, 2.45) is 0 Å². The van der Waals surface area contributed by atoms with E-state index in [2.05, 4.69) is 10.6 Å². The van der Waals surface area contributed by atoms with Gasteiger partial charge in [0.2, 0.25) is 0 Å². The first-order valence-corrected chi connectivity index (χ1v) is 7.77. The molecule has 7 nitrogen and oxygen atoms in total. The Hall–Kier alpha value is -1.44. The van der Waals surface area contributed by atoms with Gasteiger partial charge < -0.3 is 20.8 Å². The predicted molar refractivity (Wildman–Crippen MR) is 74.9 cm³/mol. The molecule has 1 aliphatic carbocycles. The molecule has 3 unspecified atom stereocenters. The lowest BCUT2D eigenvalue weighted by atomic mass is 9.95. The van der Waals surface area contributed by atoms with Gasteiger partial charge in [-0.2, -0.15) is 11.8 Å². The average Bonchev–Trinajstić information content (AvgIpc) is 2.37. The quantitative estimate of drug-likeness (QED) is 0.579. The highest BCUT2D eigenvalue weighted by molar-refractivity contribution is 7.99. The third-order valence-electron chi connectivity index (χ3n) is 3.30. The van der Waals surface area contributed by atoms with Gasteiger partial charge in [-0.25, -0.2) is 9.59 Å². The minimum Gasteiger partial charge on any atom is -0.481 e. The van der Waals surface area contributed by atoms with Gasteiger partial charge in [0, 0.05) is 11.3 Å². The first-order valence-electron chi connectivity index (χ1n) is 6.48. The van der Waals surface area contributed by atoms with E-state index in [1.54, 1.807) is 11.8 Å². The number of urea groups is 1. The lowest BCUT2D eigenvalue weighted by Crippen LogP contribution is -2.52. The van der Waals surface area contributed by atoms with Gasteiger partial charge in [0.1, 0.15) is 6.04 Å². The van der Waals surface area contributed by atoms with Gasteiger partial charge in [-0.3, -0.25) is 4.79 Å². The molecule has 0 bridgehead atoms. The first kappa shape index (κ1) is 16.6. The van der Waals surface area contributed by atoms with Crippen molar-refractivity contribution in [2.75, 3.05) is 6.26 Å². The fraction of sp³-hybridized carbons (Fsp3) is 0.750. The predicted octanol–water partition coefficient (Wildman–Crippen LogP) is 0.888. The van der Waals surface area contributed by atoms with Crippen LogP contribution in [0.3, 0.4) is 0 Å². The van der Waals surface area contributed by atoms with E-state index in [1.165, 1.54) is 0 Å². The minimum absolute atomic E-state index is 0.00183. The van der Waals surface area contributed by atoms with E-state index in [4.69, 9.17) is 10.2 Å². The van der Waals surface area contributed by atoms with Gasteiger partial charge in [-0.05, 0) is 19.1 Å². The van der Waals surface area contributed by atoms with Crippen LogP contribution in [0, 0.1) is 0 Å². The molecule has 20 heavy (non-hydrogen) atoms. The summed E-state index contributed by atoms with van der Waals surface area (Å²) in [4.78, 5) is 33.2. The molecule has 0 aromatic heterocycles. The molecule has 114 valence electrons. The summed E-state index contributed by atoms with van der Waals surface area (Å²) in [5, 5.41) is 22.7. The molecule has 0 spiro atoms. The normalized spacial score (nSPS) is 23.6. The molecule has 1 fully saturated rings. The number of aliphatic carboxylic acids is 2. The minimum atomic E-state index is -1.41. The molecule has 3 atom stereocenters. The van der Waals surface area contributed by atoms with Crippen LogP contribution < -0.4 is 10.6 Å². The third kappa shape index (κ3) is 5.28. The zero-order valence-corrected chi connectivity index (χ0v) is 12.1. The Morgan fingerprint density at radius 3 is 2.45 bits per heavy atom. The summed E-state index contributed by atoms with van der Waals surface area (Å²) in [5.41, 5.74) is 0. The molecule has 1 saturated carbocycles. The second kappa shape index (κ2) is 7.98. The van der Waals surface area contributed by atoms with Gasteiger partial charge in [0.15, 0.2) is 0 Å². The standard InChI is InChI=1S/C12H20N2O5S/c1-20-9-5-3-2-4-7(9)13-12(19)14-8(11(17)18)6-10(15)16/h7-9H,2-6H2,1H3,(H,15,16)(H,17,18)(H2,13,14,19). The maximum Gasteiger partial charge on any atom is 0.326 e. The Morgan fingerprint density at radius 1 is 1.25 bits per heavy atom. The number of carbonyl (C=O) groups is 3. The van der Waals surface area contributed by atoms with Crippen LogP contribution >= 0.6 is 11.8 Å². The van der Waals surface area contributed by atoms with Crippen molar-refractivity contribution < 1.29 is 24.6 Å². The van der Waals surface area contributed by atoms with E-state index >= 15 is 0 Å². The van der Waals surface area contributed by atoms with Gasteiger partial charge in [0.25, 0.3) is 0 Å². The van der Waals surface area contributed by atoms with Crippen LogP contribution in [-0.2, 0) is 9.59 Å². The van der Waals surface area contributed by atoms with E-state index in [0.717, 1.165) is 25.7 Å². The van der Waals surface area contributed by atoms with Crippen LogP contribution in [0.15, 0.2) is 0 Å². The number of hydrogen-bond acceptors (Lipinski definition) is 4. The zero-order valence-electron chi connectivity index (χ0n) is 11.3. The Bertz CT molecular complexity index is 377. The van der Waals surface area contributed by atoms with E-state index < -0.39 is 30.4 Å². The maximum atomic E-state index is 11.8. The molecule has 8 heteroatoms. The van der Waals surface area contributed by atoms with E-state index in [0.29, 0.717) is 5.25 Å². The summed E-state index contributed by atoms with van der Waals surface area (Å²) in [5.74, 6) is -2.62. The summed E-state index contributed by atoms with van der Waals surface area (Å²) in [7, 11) is 0. The molecule has 0 aliphatic heterocycles. The van der Waals surface area contributed by atoms with E-state index in [9.17, 15) is 14.4 Å². The van der Waals surface area contributed by atoms with Crippen molar-refractivity contribution in [3.8, 4) is 0 Å². The van der Waals surface area contributed by atoms with Gasteiger partial charge >= 0.3 is 18.0 Å². The van der Waals surface area contributed by atoms with Crippen LogP contribution in [0.2, 0.25) is 0 Å². The van der Waals surface area contributed by atoms with Crippen LogP contribution in [0.25, 0.3) is 0 Å². The fourth-order valence-corrected chi connectivity index (χ4v) is 3.22. The SMILES string of the molecule is CSC1CCCCC1NC(=O)NC(CC(=O)O)C(=O)O. The Kier molecular flexibility index (Phi) is 6.63. The molecule has 0 saturated heterocycles. The lowest BCUT2D eigenvalue weighted by molar-refractivity contribution is -0.145. The lowest BCUT2D eigenvalue weighted by Gasteiger charge is -2.31. The molecular weight excluding hydrogens is 284 g/mol. The topological polar surface area (TPSA) is 116 Å². The number of nitrogens with one attached hydrogen (secondary N) is 2. The van der Waals surface area contributed by atoms with Gasteiger partial charge in [-0.1, -0.05) is 12.8 Å². The van der Waals surface area contributed by atoms with E-state index in [-0.39, 0.29) is 6.04 Å². The molecule has 1 aliphatic rings. The summed E-state index contributed by atoms with van der Waals surface area (Å²) in [6.45, 7) is 0. The number of hydrogen-bond donors (Lipinski definition) is 4. The van der Waals surface area contributed by atoms with Crippen LogP contribution in [0.1, 0.15) is 32.1 Å². The van der Waals surface area contributed by atoms with E-state index in [1.807, 2.05) is 6.26 Å². The van der Waals surface area contributed by atoms with Crippen molar-refractivity contribution in [2.45, 2.75) is 49.4 Å². The highest BCUT2D eigenvalue weighted by Crippen LogP contribution is 2.26. The summed E-state index contributed by atoms with van der Waals surface area (Å²) >= 11 is 1.68. The fourth-order valence-electron chi connectivity index (χ4n) is 2.29. The van der Waals surface area contributed by atoms with Crippen molar-refractivity contribution in [3.63, 3.8) is 0 Å². The van der Waals surface area contributed by atoms with Crippen molar-refractivity contribution in [1.29, 1.82) is 0 Å². The highest BCUT2D eigenvalue weighted by atomic mass is 32.2. The van der Waals surface area contributed by atoms with Crippen molar-refractivity contribution >= 4 is 29.7 Å². The molecule has 0 aromatic carbocycles. The van der Waals surface area contributed by atoms with Gasteiger partial charge in [-0.15, -0.1) is 0 Å². The number of amides is 2. The Labute approximate surface area is 121 Å². The summed E-state index contributed by atoms with van der Waals surface area (Å²) < 4.78 is 0. The number of carbonyl (C=O) groups excluding carboxylic acids is 1. The number of carboxylic acids is 2. The summed E-state index contributed by atoms with van der Waals surface area (Å²) in [6.07, 6.45) is 5.37. The molecule has 4 N–H and O–H groups in total. The Balaban J connectivity index is 2.51. The number of thioether (sulfide) groups is 1. The highest BCUT2D eigenvalue weighted by Gasteiger charge is 2.28. The smallest absolute Gasteiger partial charge is 0.326 e. The molecule has 0 heterocycles. The average molecular weight is 304 g/mol. The molecule has 0 aromatic rings. The number of rotatable bonds is 6. The third-order valence-corrected chi connectivity index (χ3v) is 4.47. The molecule has 0 radical (unpaired) electrons. The largest absolute Gasteiger partial charge is 0.481 e. The molecule has 2 amide bonds. The second-order valence-corrected chi connectivity index (χ2v) is 5.85. The monoisotopic (exact) mass is 304 g/mol. The van der Waals surface area contributed by atoms with Gasteiger partial charge in [0.05, 0.1) is 6.42 Å². The first-order chi connectivity index (χ1) is 9.43. The van der Waals surface area contributed by atoms with Crippen LogP contribution in [-0.4, -0.2) is 51.8 Å². The van der Waals surface area contributed by atoms with Crippen molar-refractivity contribution in [1.82, 2.24) is 10.6 Å². The van der Waals surface area contributed by atoms with Crippen molar-refractivity contribution in [3.05, 3.63) is 0 Å². The van der Waals surface area contributed by atoms with Crippen LogP contribution in [0.5, 0.6) is 0 Å². The zero-order chi connectivity index (χ0) is 15.1. The molecular formula is C12H20N2O5S. The molecule has 1 rings (SSSR count). The second-order valence-electron chi connectivity index (χ2n) is 4.77. The number of carboxylic acid groups (broad SMARTS) is 2. The van der Waals surface area contributed by atoms with Crippen LogP contribution in [0.4, 0.5) is 4.79 Å².